The fraction of sp³-hybridized carbons (Fsp3) is 0.750. The van der Waals surface area contributed by atoms with Gasteiger partial charge in [-0.05, 0) is 46.5 Å². The van der Waals surface area contributed by atoms with E-state index in [1.807, 2.05) is 0 Å². The molecule has 3 atom stereocenters. The first-order chi connectivity index (χ1) is 13.8. The number of halogens is 3. The lowest BCUT2D eigenvalue weighted by atomic mass is 9.95. The van der Waals surface area contributed by atoms with Gasteiger partial charge in [0, 0.05) is 43.2 Å². The minimum Gasteiger partial charge on any atom is -0.444 e. The number of rotatable bonds is 2. The predicted molar refractivity (Wildman–Crippen MR) is 101 cm³/mol. The molecule has 7 nitrogen and oxygen atoms in total. The Kier molecular flexibility index (Phi) is 6.06. The van der Waals surface area contributed by atoms with Gasteiger partial charge in [-0.3, -0.25) is 9.59 Å². The molecule has 3 amide bonds. The molecule has 0 bridgehead atoms. The number of alkyl halides is 3. The van der Waals surface area contributed by atoms with Crippen LogP contribution in [0.15, 0.2) is 11.6 Å². The summed E-state index contributed by atoms with van der Waals surface area (Å²) in [5, 5.41) is 2.78. The van der Waals surface area contributed by atoms with Gasteiger partial charge in [-0.2, -0.15) is 13.2 Å². The summed E-state index contributed by atoms with van der Waals surface area (Å²) in [6.07, 6.45) is -3.00. The van der Waals surface area contributed by atoms with Gasteiger partial charge < -0.3 is 19.9 Å². The third-order valence-electron chi connectivity index (χ3n) is 5.70. The Morgan fingerprint density at radius 3 is 2.50 bits per heavy atom. The number of ether oxygens (including phenoxy) is 1. The third kappa shape index (κ3) is 5.26. The second-order valence-corrected chi connectivity index (χ2v) is 9.19. The molecule has 0 aromatic rings. The van der Waals surface area contributed by atoms with E-state index in [4.69, 9.17) is 4.74 Å². The van der Waals surface area contributed by atoms with Crippen LogP contribution >= 0.6 is 0 Å². The van der Waals surface area contributed by atoms with E-state index in [1.165, 1.54) is 4.90 Å². The van der Waals surface area contributed by atoms with E-state index < -0.39 is 35.4 Å². The van der Waals surface area contributed by atoms with Crippen molar-refractivity contribution < 1.29 is 32.3 Å². The normalized spacial score (nSPS) is 27.5. The zero-order valence-electron chi connectivity index (χ0n) is 17.4. The minimum atomic E-state index is -4.54. The molecule has 0 radical (unpaired) electrons. The van der Waals surface area contributed by atoms with E-state index in [-0.39, 0.29) is 37.4 Å². The van der Waals surface area contributed by atoms with Gasteiger partial charge >= 0.3 is 12.3 Å². The highest BCUT2D eigenvalue weighted by Gasteiger charge is 2.44. The Morgan fingerprint density at radius 1 is 1.17 bits per heavy atom. The van der Waals surface area contributed by atoms with Gasteiger partial charge in [0.1, 0.15) is 5.60 Å². The molecule has 1 unspecified atom stereocenters. The van der Waals surface area contributed by atoms with Crippen LogP contribution in [0.1, 0.15) is 46.5 Å². The molecule has 2 fully saturated rings. The van der Waals surface area contributed by atoms with Crippen LogP contribution in [0, 0.1) is 5.92 Å². The zero-order valence-corrected chi connectivity index (χ0v) is 17.4. The van der Waals surface area contributed by atoms with Gasteiger partial charge in [0.05, 0.1) is 6.04 Å². The Bertz CT molecular complexity index is 745. The molecule has 3 aliphatic rings. The maximum absolute atomic E-state index is 13.1. The summed E-state index contributed by atoms with van der Waals surface area (Å²) in [5.41, 5.74) is -1.45. The molecule has 3 rings (SSSR count). The van der Waals surface area contributed by atoms with Crippen LogP contribution in [0.2, 0.25) is 0 Å². The summed E-state index contributed by atoms with van der Waals surface area (Å²) in [7, 11) is 0. The topological polar surface area (TPSA) is 79.0 Å². The van der Waals surface area contributed by atoms with Crippen molar-refractivity contribution in [2.45, 2.75) is 70.3 Å². The van der Waals surface area contributed by atoms with Gasteiger partial charge in [0.25, 0.3) is 0 Å². The summed E-state index contributed by atoms with van der Waals surface area (Å²) < 4.78 is 44.4. The number of hydrogen-bond acceptors (Lipinski definition) is 4. The first-order valence-electron chi connectivity index (χ1n) is 10.2. The van der Waals surface area contributed by atoms with Crippen LogP contribution in [0.25, 0.3) is 0 Å². The summed E-state index contributed by atoms with van der Waals surface area (Å²) in [6, 6.07) is -0.833. The van der Waals surface area contributed by atoms with Crippen molar-refractivity contribution in [2.24, 2.45) is 5.92 Å². The number of fused-ring (bicyclic) bond motifs is 1. The molecular weight excluding hydrogens is 403 g/mol. The lowest BCUT2D eigenvalue weighted by Gasteiger charge is -2.44. The van der Waals surface area contributed by atoms with Gasteiger partial charge in [0.2, 0.25) is 11.8 Å². The van der Waals surface area contributed by atoms with E-state index in [9.17, 15) is 27.6 Å². The predicted octanol–water partition coefficient (Wildman–Crippen LogP) is 2.61. The molecule has 1 saturated heterocycles. The Balaban J connectivity index is 1.55. The summed E-state index contributed by atoms with van der Waals surface area (Å²) in [6.45, 7) is 5.92. The highest BCUT2D eigenvalue weighted by atomic mass is 19.4. The number of carbonyl (C=O) groups is 3. The van der Waals surface area contributed by atoms with Crippen molar-refractivity contribution in [3.63, 3.8) is 0 Å². The molecule has 30 heavy (non-hydrogen) atoms. The maximum atomic E-state index is 13.1. The Hall–Kier alpha value is -2.26. The molecule has 0 aromatic carbocycles. The van der Waals surface area contributed by atoms with Crippen molar-refractivity contribution in [2.75, 3.05) is 19.6 Å². The van der Waals surface area contributed by atoms with Crippen molar-refractivity contribution in [3.8, 4) is 0 Å². The van der Waals surface area contributed by atoms with Crippen molar-refractivity contribution in [3.05, 3.63) is 11.6 Å². The Morgan fingerprint density at radius 2 is 1.87 bits per heavy atom. The van der Waals surface area contributed by atoms with Crippen LogP contribution in [0.4, 0.5) is 18.0 Å². The van der Waals surface area contributed by atoms with Crippen molar-refractivity contribution >= 4 is 17.9 Å². The fourth-order valence-electron chi connectivity index (χ4n) is 4.33. The molecular formula is C20H28F3N3O4. The number of piperazine rings is 1. The molecule has 1 aliphatic carbocycles. The Labute approximate surface area is 173 Å². The smallest absolute Gasteiger partial charge is 0.412 e. The van der Waals surface area contributed by atoms with Crippen LogP contribution in [0.5, 0.6) is 0 Å². The number of alkyl carbamates (subject to hydrolysis) is 1. The van der Waals surface area contributed by atoms with Crippen LogP contribution in [-0.4, -0.2) is 71.2 Å². The van der Waals surface area contributed by atoms with E-state index >= 15 is 0 Å². The monoisotopic (exact) mass is 431 g/mol. The van der Waals surface area contributed by atoms with Crippen molar-refractivity contribution in [1.29, 1.82) is 0 Å². The molecule has 1 saturated carbocycles. The van der Waals surface area contributed by atoms with Crippen LogP contribution in [0.3, 0.4) is 0 Å². The summed E-state index contributed by atoms with van der Waals surface area (Å²) in [4.78, 5) is 39.9. The maximum Gasteiger partial charge on any atom is 0.412 e. The number of amides is 3. The summed E-state index contributed by atoms with van der Waals surface area (Å²) in [5.74, 6) is -1.07. The lowest BCUT2D eigenvalue weighted by Crippen LogP contribution is -2.58. The number of nitrogens with zero attached hydrogens (tertiary/aromatic N) is 2. The molecule has 1 N–H and O–H groups in total. The molecule has 168 valence electrons. The molecule has 10 heteroatoms. The standard InChI is InChI=1S/C20H28F3N3O4/c1-19(2,3)30-18(29)24-14-5-4-12(8-14)17(28)25-6-7-26-15(11-25)9-13(10-16(26)27)20(21,22)23/h10,12,14-15H,4-9,11H2,1-3H3,(H,24,29)/t12-,14+,15?/m0/s1. The average molecular weight is 431 g/mol. The SMILES string of the molecule is CC(C)(C)OC(=O)N[C@@H]1CC[C@H](C(=O)N2CCN3C(=O)C=C(C(F)(F)F)CC3C2)C1. The highest BCUT2D eigenvalue weighted by molar-refractivity contribution is 5.90. The van der Waals surface area contributed by atoms with Gasteiger partial charge in [-0.25, -0.2) is 4.79 Å². The average Bonchev–Trinajstić information content (AvgIpc) is 3.06. The molecule has 0 spiro atoms. The summed E-state index contributed by atoms with van der Waals surface area (Å²) >= 11 is 0. The fourth-order valence-corrected chi connectivity index (χ4v) is 4.33. The first-order valence-corrected chi connectivity index (χ1v) is 10.2. The second kappa shape index (κ2) is 8.11. The van der Waals surface area contributed by atoms with E-state index in [0.717, 1.165) is 0 Å². The van der Waals surface area contributed by atoms with E-state index in [1.54, 1.807) is 25.7 Å². The number of hydrogen-bond donors (Lipinski definition) is 1. The number of carbonyl (C=O) groups excluding carboxylic acids is 3. The minimum absolute atomic E-state index is 0.0959. The van der Waals surface area contributed by atoms with Gasteiger partial charge in [-0.1, -0.05) is 0 Å². The van der Waals surface area contributed by atoms with Crippen molar-refractivity contribution in [1.82, 2.24) is 15.1 Å². The molecule has 2 heterocycles. The van der Waals surface area contributed by atoms with E-state index in [0.29, 0.717) is 31.9 Å². The third-order valence-corrected chi connectivity index (χ3v) is 5.70. The largest absolute Gasteiger partial charge is 0.444 e. The second-order valence-electron chi connectivity index (χ2n) is 9.19. The first kappa shape index (κ1) is 22.4. The van der Waals surface area contributed by atoms with Crippen LogP contribution < -0.4 is 5.32 Å². The zero-order chi connectivity index (χ0) is 22.3. The quantitative estimate of drug-likeness (QED) is 0.729. The van der Waals surface area contributed by atoms with Crippen LogP contribution in [-0.2, 0) is 14.3 Å². The van der Waals surface area contributed by atoms with Gasteiger partial charge in [-0.15, -0.1) is 0 Å². The molecule has 2 aliphatic heterocycles. The lowest BCUT2D eigenvalue weighted by molar-refractivity contribution is -0.145. The highest BCUT2D eigenvalue weighted by Crippen LogP contribution is 2.35. The molecule has 0 aromatic heterocycles. The van der Waals surface area contributed by atoms with E-state index in [2.05, 4.69) is 5.32 Å². The van der Waals surface area contributed by atoms with Gasteiger partial charge in [0.15, 0.2) is 0 Å². The number of nitrogens with one attached hydrogen (secondary N) is 1.